The van der Waals surface area contributed by atoms with Gasteiger partial charge in [-0.1, -0.05) is 11.6 Å². The van der Waals surface area contributed by atoms with Gasteiger partial charge < -0.3 is 4.40 Å². The molecule has 1 aliphatic rings. The molecule has 78 valence electrons. The molecule has 3 rings (SSSR count). The highest BCUT2D eigenvalue weighted by molar-refractivity contribution is 7.99. The molecule has 0 aliphatic carbocycles. The third kappa shape index (κ3) is 1.74. The highest BCUT2D eigenvalue weighted by Crippen LogP contribution is 2.39. The van der Waals surface area contributed by atoms with Crippen molar-refractivity contribution in [1.82, 2.24) is 9.38 Å². The molecule has 0 amide bonds. The third-order valence-electron chi connectivity index (χ3n) is 2.69. The Morgan fingerprint density at radius 3 is 3.13 bits per heavy atom. The lowest BCUT2D eigenvalue weighted by molar-refractivity contribution is 0.813. The topological polar surface area (TPSA) is 17.3 Å². The van der Waals surface area contributed by atoms with Gasteiger partial charge in [0.05, 0.1) is 10.7 Å². The molecule has 1 aliphatic heterocycles. The van der Waals surface area contributed by atoms with E-state index in [1.165, 1.54) is 24.3 Å². The number of imidazole rings is 1. The van der Waals surface area contributed by atoms with Gasteiger partial charge in [-0.3, -0.25) is 0 Å². The Hall–Kier alpha value is -0.670. The van der Waals surface area contributed by atoms with Gasteiger partial charge in [0.15, 0.2) is 0 Å². The quantitative estimate of drug-likeness (QED) is 0.756. The van der Waals surface area contributed by atoms with Gasteiger partial charge in [0, 0.05) is 17.6 Å². The number of nitrogens with zero attached hydrogens (tertiary/aromatic N) is 2. The molecule has 0 N–H and O–H groups in total. The van der Waals surface area contributed by atoms with Gasteiger partial charge in [-0.25, -0.2) is 4.98 Å². The molecule has 1 unspecified atom stereocenters. The van der Waals surface area contributed by atoms with Crippen molar-refractivity contribution in [3.63, 3.8) is 0 Å². The summed E-state index contributed by atoms with van der Waals surface area (Å²) in [4.78, 5) is 4.62. The molecule has 0 aromatic carbocycles. The summed E-state index contributed by atoms with van der Waals surface area (Å²) in [6.45, 7) is 0. The summed E-state index contributed by atoms with van der Waals surface area (Å²) >= 11 is 7.94. The SMILES string of the molecule is Clc1ccc2nc(C3CCCS3)cn2c1. The second-order valence-electron chi connectivity index (χ2n) is 3.78. The Labute approximate surface area is 97.6 Å². The van der Waals surface area contributed by atoms with Gasteiger partial charge >= 0.3 is 0 Å². The maximum atomic E-state index is 5.93. The number of rotatable bonds is 1. The zero-order valence-electron chi connectivity index (χ0n) is 8.19. The second-order valence-corrected chi connectivity index (χ2v) is 5.53. The molecule has 4 heteroatoms. The smallest absolute Gasteiger partial charge is 0.137 e. The summed E-state index contributed by atoms with van der Waals surface area (Å²) < 4.78 is 2.01. The molecule has 2 aromatic rings. The van der Waals surface area contributed by atoms with Crippen LogP contribution in [0.4, 0.5) is 0 Å². The standard InChI is InChI=1S/C11H11ClN2S/c12-8-3-4-11-13-9(7-14(11)6-8)10-2-1-5-15-10/h3-4,6-7,10H,1-2,5H2. The lowest BCUT2D eigenvalue weighted by Crippen LogP contribution is -1.86. The maximum Gasteiger partial charge on any atom is 0.137 e. The number of hydrogen-bond donors (Lipinski definition) is 0. The molecule has 0 spiro atoms. The summed E-state index contributed by atoms with van der Waals surface area (Å²) in [7, 11) is 0. The lowest BCUT2D eigenvalue weighted by atomic mass is 10.2. The summed E-state index contributed by atoms with van der Waals surface area (Å²) in [6, 6.07) is 3.85. The number of fused-ring (bicyclic) bond motifs is 1. The van der Waals surface area contributed by atoms with Crippen molar-refractivity contribution in [3.05, 3.63) is 35.2 Å². The highest BCUT2D eigenvalue weighted by atomic mass is 35.5. The van der Waals surface area contributed by atoms with Gasteiger partial charge in [0.2, 0.25) is 0 Å². The molecule has 2 nitrogen and oxygen atoms in total. The van der Waals surface area contributed by atoms with E-state index in [2.05, 4.69) is 11.2 Å². The minimum atomic E-state index is 0.587. The minimum Gasteiger partial charge on any atom is -0.305 e. The van der Waals surface area contributed by atoms with Crippen LogP contribution in [-0.4, -0.2) is 15.1 Å². The van der Waals surface area contributed by atoms with Crippen molar-refractivity contribution >= 4 is 29.0 Å². The zero-order chi connectivity index (χ0) is 10.3. The number of aromatic nitrogens is 2. The van der Waals surface area contributed by atoms with Gasteiger partial charge in [-0.05, 0) is 30.7 Å². The van der Waals surface area contributed by atoms with E-state index in [1.807, 2.05) is 34.5 Å². The van der Waals surface area contributed by atoms with Crippen molar-refractivity contribution in [1.29, 1.82) is 0 Å². The summed E-state index contributed by atoms with van der Waals surface area (Å²) in [6.07, 6.45) is 6.57. The monoisotopic (exact) mass is 238 g/mol. The zero-order valence-corrected chi connectivity index (χ0v) is 9.76. The molecule has 2 aromatic heterocycles. The van der Waals surface area contributed by atoms with Crippen molar-refractivity contribution in [2.75, 3.05) is 5.75 Å². The van der Waals surface area contributed by atoms with E-state index in [1.54, 1.807) is 0 Å². The predicted octanol–water partition coefficient (Wildman–Crippen LogP) is 3.56. The van der Waals surface area contributed by atoms with Crippen LogP contribution in [0.15, 0.2) is 24.5 Å². The van der Waals surface area contributed by atoms with Crippen LogP contribution in [-0.2, 0) is 0 Å². The molecule has 0 radical (unpaired) electrons. The molecular formula is C11H11ClN2S. The normalized spacial score (nSPS) is 21.3. The molecule has 3 heterocycles. The van der Waals surface area contributed by atoms with Gasteiger partial charge in [0.1, 0.15) is 5.65 Å². The first-order valence-electron chi connectivity index (χ1n) is 5.09. The van der Waals surface area contributed by atoms with E-state index in [4.69, 9.17) is 11.6 Å². The Morgan fingerprint density at radius 2 is 2.33 bits per heavy atom. The summed E-state index contributed by atoms with van der Waals surface area (Å²) in [5.74, 6) is 1.26. The fourth-order valence-electron chi connectivity index (χ4n) is 1.95. The first-order chi connectivity index (χ1) is 7.33. The van der Waals surface area contributed by atoms with Crippen LogP contribution in [0.5, 0.6) is 0 Å². The first kappa shape index (κ1) is 9.55. The van der Waals surface area contributed by atoms with Crippen molar-refractivity contribution in [3.8, 4) is 0 Å². The maximum absolute atomic E-state index is 5.93. The van der Waals surface area contributed by atoms with Crippen LogP contribution in [0.2, 0.25) is 5.02 Å². The van der Waals surface area contributed by atoms with Crippen molar-refractivity contribution in [2.24, 2.45) is 0 Å². The average Bonchev–Trinajstić information content (AvgIpc) is 2.84. The van der Waals surface area contributed by atoms with Crippen LogP contribution in [0.3, 0.4) is 0 Å². The first-order valence-corrected chi connectivity index (χ1v) is 6.51. The van der Waals surface area contributed by atoms with Crippen LogP contribution in [0.1, 0.15) is 23.8 Å². The Bertz CT molecular complexity index is 488. The van der Waals surface area contributed by atoms with Crippen LogP contribution in [0, 0.1) is 0 Å². The van der Waals surface area contributed by atoms with Crippen molar-refractivity contribution in [2.45, 2.75) is 18.1 Å². The second kappa shape index (κ2) is 3.72. The van der Waals surface area contributed by atoms with Gasteiger partial charge in [0.25, 0.3) is 0 Å². The summed E-state index contributed by atoms with van der Waals surface area (Å²) in [5, 5.41) is 1.34. The Kier molecular flexibility index (Phi) is 2.37. The molecule has 1 saturated heterocycles. The Morgan fingerprint density at radius 1 is 1.40 bits per heavy atom. The molecule has 1 atom stereocenters. The fourth-order valence-corrected chi connectivity index (χ4v) is 3.35. The van der Waals surface area contributed by atoms with Crippen LogP contribution < -0.4 is 0 Å². The van der Waals surface area contributed by atoms with Gasteiger partial charge in [-0.15, -0.1) is 0 Å². The van der Waals surface area contributed by atoms with Gasteiger partial charge in [-0.2, -0.15) is 11.8 Å². The number of hydrogen-bond acceptors (Lipinski definition) is 2. The van der Waals surface area contributed by atoms with E-state index < -0.39 is 0 Å². The van der Waals surface area contributed by atoms with E-state index >= 15 is 0 Å². The average molecular weight is 239 g/mol. The Balaban J connectivity index is 2.05. The molecule has 0 bridgehead atoms. The fraction of sp³-hybridized carbons (Fsp3) is 0.364. The number of thioether (sulfide) groups is 1. The molecular weight excluding hydrogens is 228 g/mol. The van der Waals surface area contributed by atoms with Crippen molar-refractivity contribution < 1.29 is 0 Å². The van der Waals surface area contributed by atoms with E-state index in [9.17, 15) is 0 Å². The summed E-state index contributed by atoms with van der Waals surface area (Å²) in [5.41, 5.74) is 2.18. The van der Waals surface area contributed by atoms with E-state index in [-0.39, 0.29) is 0 Å². The number of pyridine rings is 1. The number of halogens is 1. The highest BCUT2D eigenvalue weighted by Gasteiger charge is 2.20. The third-order valence-corrected chi connectivity index (χ3v) is 4.32. The van der Waals surface area contributed by atoms with E-state index in [0.29, 0.717) is 5.25 Å². The van der Waals surface area contributed by atoms with Crippen LogP contribution >= 0.6 is 23.4 Å². The molecule has 1 fully saturated rings. The predicted molar refractivity (Wildman–Crippen MR) is 64.6 cm³/mol. The minimum absolute atomic E-state index is 0.587. The largest absolute Gasteiger partial charge is 0.305 e. The molecule has 15 heavy (non-hydrogen) atoms. The lowest BCUT2D eigenvalue weighted by Gasteiger charge is -2.01. The molecule has 0 saturated carbocycles. The van der Waals surface area contributed by atoms with E-state index in [0.717, 1.165) is 10.7 Å². The van der Waals surface area contributed by atoms with Crippen LogP contribution in [0.25, 0.3) is 5.65 Å².